The molecule has 0 bridgehead atoms. The fourth-order valence-corrected chi connectivity index (χ4v) is 0.781. The van der Waals surface area contributed by atoms with E-state index in [4.69, 9.17) is 0 Å². The molecule has 0 aliphatic heterocycles. The van der Waals surface area contributed by atoms with Crippen molar-refractivity contribution in [2.24, 2.45) is 0 Å². The molecular formula is C8H10F3N. The molecule has 1 N–H and O–H groups in total. The summed E-state index contributed by atoms with van der Waals surface area (Å²) in [7, 11) is 1.36. The van der Waals surface area contributed by atoms with Gasteiger partial charge in [-0.05, 0) is 0 Å². The third-order valence-corrected chi connectivity index (χ3v) is 1.26. The van der Waals surface area contributed by atoms with Gasteiger partial charge in [-0.15, -0.1) is 0 Å². The van der Waals surface area contributed by atoms with Crippen molar-refractivity contribution < 1.29 is 13.2 Å². The molecule has 0 atom stereocenters. The Morgan fingerprint density at radius 1 is 1.08 bits per heavy atom. The van der Waals surface area contributed by atoms with E-state index in [9.17, 15) is 13.2 Å². The molecule has 12 heavy (non-hydrogen) atoms. The smallest absolute Gasteiger partial charge is 0.152 e. The van der Waals surface area contributed by atoms with Gasteiger partial charge < -0.3 is 5.32 Å². The molecule has 0 saturated carbocycles. The Hall–Kier alpha value is -1.19. The minimum Gasteiger partial charge on any atom is -0.383 e. The van der Waals surface area contributed by atoms with Crippen LogP contribution in [0, 0.1) is 17.5 Å². The minimum absolute atomic E-state index is 0. The molecule has 0 aliphatic carbocycles. The van der Waals surface area contributed by atoms with E-state index < -0.39 is 17.5 Å². The van der Waals surface area contributed by atoms with Crippen LogP contribution < -0.4 is 5.32 Å². The second kappa shape index (κ2) is 3.99. The van der Waals surface area contributed by atoms with Crippen molar-refractivity contribution >= 4 is 5.69 Å². The SMILES string of the molecule is C.CNc1c(F)cc(F)cc1F. The third-order valence-electron chi connectivity index (χ3n) is 1.26. The van der Waals surface area contributed by atoms with Crippen LogP contribution in [0.25, 0.3) is 0 Å². The summed E-state index contributed by atoms with van der Waals surface area (Å²) >= 11 is 0. The Kier molecular flexibility index (Phi) is 3.60. The van der Waals surface area contributed by atoms with Crippen molar-refractivity contribution in [1.29, 1.82) is 0 Å². The van der Waals surface area contributed by atoms with Gasteiger partial charge in [-0.3, -0.25) is 0 Å². The van der Waals surface area contributed by atoms with Crippen LogP contribution in [-0.2, 0) is 0 Å². The van der Waals surface area contributed by atoms with E-state index in [0.29, 0.717) is 12.1 Å². The van der Waals surface area contributed by atoms with Crippen molar-refractivity contribution in [3.63, 3.8) is 0 Å². The lowest BCUT2D eigenvalue weighted by Gasteiger charge is -2.02. The first kappa shape index (κ1) is 10.8. The summed E-state index contributed by atoms with van der Waals surface area (Å²) in [6.07, 6.45) is 0. The molecule has 1 aromatic carbocycles. The monoisotopic (exact) mass is 177 g/mol. The summed E-state index contributed by atoms with van der Waals surface area (Å²) < 4.78 is 37.4. The van der Waals surface area contributed by atoms with Gasteiger partial charge in [0.15, 0.2) is 11.6 Å². The average Bonchev–Trinajstić information content (AvgIpc) is 1.85. The van der Waals surface area contributed by atoms with Crippen molar-refractivity contribution in [2.45, 2.75) is 7.43 Å². The van der Waals surface area contributed by atoms with Crippen LogP contribution in [-0.4, -0.2) is 7.05 Å². The van der Waals surface area contributed by atoms with E-state index >= 15 is 0 Å². The lowest BCUT2D eigenvalue weighted by atomic mass is 10.3. The molecule has 0 heterocycles. The van der Waals surface area contributed by atoms with Gasteiger partial charge in [-0.25, -0.2) is 13.2 Å². The van der Waals surface area contributed by atoms with Gasteiger partial charge >= 0.3 is 0 Å². The summed E-state index contributed by atoms with van der Waals surface area (Å²) in [4.78, 5) is 0. The molecule has 1 rings (SSSR count). The van der Waals surface area contributed by atoms with E-state index in [2.05, 4.69) is 5.32 Å². The first-order valence-corrected chi connectivity index (χ1v) is 2.97. The highest BCUT2D eigenvalue weighted by atomic mass is 19.1. The number of hydrogen-bond acceptors (Lipinski definition) is 1. The number of benzene rings is 1. The second-order valence-corrected chi connectivity index (χ2v) is 1.99. The number of halogens is 3. The number of rotatable bonds is 1. The molecule has 0 aliphatic rings. The second-order valence-electron chi connectivity index (χ2n) is 1.99. The lowest BCUT2D eigenvalue weighted by Crippen LogP contribution is -1.97. The summed E-state index contributed by atoms with van der Waals surface area (Å²) in [6, 6.07) is 1.24. The maximum Gasteiger partial charge on any atom is 0.152 e. The largest absolute Gasteiger partial charge is 0.383 e. The van der Waals surface area contributed by atoms with Crippen molar-refractivity contribution in [3.8, 4) is 0 Å². The normalized spacial score (nSPS) is 9.00. The van der Waals surface area contributed by atoms with Crippen molar-refractivity contribution in [1.82, 2.24) is 0 Å². The van der Waals surface area contributed by atoms with Gasteiger partial charge in [-0.2, -0.15) is 0 Å². The Labute approximate surface area is 69.2 Å². The predicted octanol–water partition coefficient (Wildman–Crippen LogP) is 2.78. The highest BCUT2D eigenvalue weighted by molar-refractivity contribution is 5.45. The van der Waals surface area contributed by atoms with Gasteiger partial charge in [0, 0.05) is 19.2 Å². The van der Waals surface area contributed by atoms with Crippen LogP contribution >= 0.6 is 0 Å². The summed E-state index contributed by atoms with van der Waals surface area (Å²) in [5.41, 5.74) is -0.314. The first-order chi connectivity index (χ1) is 5.15. The highest BCUT2D eigenvalue weighted by Crippen LogP contribution is 2.18. The highest BCUT2D eigenvalue weighted by Gasteiger charge is 2.08. The predicted molar refractivity (Wildman–Crippen MR) is 42.6 cm³/mol. The molecule has 0 aromatic heterocycles. The standard InChI is InChI=1S/C7H6F3N.CH4/c1-11-7-5(9)2-4(8)3-6(7)10;/h2-3,11H,1H3;1H4. The van der Waals surface area contributed by atoms with Crippen LogP contribution in [0.1, 0.15) is 7.43 Å². The molecule has 1 nitrogen and oxygen atoms in total. The fraction of sp³-hybridized carbons (Fsp3) is 0.250. The quantitative estimate of drug-likeness (QED) is 0.695. The van der Waals surface area contributed by atoms with Gasteiger partial charge in [0.1, 0.15) is 11.5 Å². The molecule has 0 unspecified atom stereocenters. The summed E-state index contributed by atoms with van der Waals surface area (Å²) in [5.74, 6) is -2.77. The van der Waals surface area contributed by atoms with E-state index in [0.717, 1.165) is 0 Å². The van der Waals surface area contributed by atoms with Crippen LogP contribution in [0.15, 0.2) is 12.1 Å². The molecule has 0 spiro atoms. The maximum atomic E-state index is 12.6. The fourth-order valence-electron chi connectivity index (χ4n) is 0.781. The zero-order valence-electron chi connectivity index (χ0n) is 5.79. The molecule has 0 radical (unpaired) electrons. The Morgan fingerprint density at radius 3 is 1.83 bits per heavy atom. The Morgan fingerprint density at radius 2 is 1.50 bits per heavy atom. The van der Waals surface area contributed by atoms with Crippen LogP contribution in [0.3, 0.4) is 0 Å². The molecular weight excluding hydrogens is 167 g/mol. The number of nitrogens with one attached hydrogen (secondary N) is 1. The van der Waals surface area contributed by atoms with Crippen LogP contribution in [0.4, 0.5) is 18.9 Å². The van der Waals surface area contributed by atoms with Crippen molar-refractivity contribution in [2.75, 3.05) is 12.4 Å². The molecule has 0 amide bonds. The third kappa shape index (κ3) is 1.90. The van der Waals surface area contributed by atoms with Gasteiger partial charge in [0.25, 0.3) is 0 Å². The van der Waals surface area contributed by atoms with E-state index in [1.165, 1.54) is 7.05 Å². The summed E-state index contributed by atoms with van der Waals surface area (Å²) in [6.45, 7) is 0. The lowest BCUT2D eigenvalue weighted by molar-refractivity contribution is 0.548. The van der Waals surface area contributed by atoms with Crippen LogP contribution in [0.5, 0.6) is 0 Å². The molecule has 0 saturated heterocycles. The summed E-state index contributed by atoms with van der Waals surface area (Å²) in [5, 5.41) is 2.27. The van der Waals surface area contributed by atoms with Crippen LogP contribution in [0.2, 0.25) is 0 Å². The number of hydrogen-bond donors (Lipinski definition) is 1. The Balaban J connectivity index is 0.00000121. The molecule has 0 fully saturated rings. The van der Waals surface area contributed by atoms with Crippen molar-refractivity contribution in [3.05, 3.63) is 29.6 Å². The van der Waals surface area contributed by atoms with Gasteiger partial charge in [0.2, 0.25) is 0 Å². The maximum absolute atomic E-state index is 12.6. The first-order valence-electron chi connectivity index (χ1n) is 2.97. The minimum atomic E-state index is -0.926. The van der Waals surface area contributed by atoms with Gasteiger partial charge in [-0.1, -0.05) is 7.43 Å². The molecule has 1 aromatic rings. The van der Waals surface area contributed by atoms with Gasteiger partial charge in [0.05, 0.1) is 0 Å². The van der Waals surface area contributed by atoms with E-state index in [-0.39, 0.29) is 13.1 Å². The zero-order chi connectivity index (χ0) is 8.43. The van der Waals surface area contributed by atoms with E-state index in [1.807, 2.05) is 0 Å². The zero-order valence-corrected chi connectivity index (χ0v) is 5.79. The topological polar surface area (TPSA) is 12.0 Å². The molecule has 68 valence electrons. The number of anilines is 1. The van der Waals surface area contributed by atoms with E-state index in [1.54, 1.807) is 0 Å². The molecule has 4 heteroatoms. The Bertz CT molecular complexity index is 250. The average molecular weight is 177 g/mol.